The molecule has 0 saturated heterocycles. The molecule has 2 aromatic carbocycles. The van der Waals surface area contributed by atoms with Gasteiger partial charge in [0.05, 0.1) is 26.8 Å². The molecular formula is C14H7ClN2O4. The zero-order chi connectivity index (χ0) is 15.1. The predicted octanol–water partition coefficient (Wildman–Crippen LogP) is 3.05. The summed E-state index contributed by atoms with van der Waals surface area (Å²) in [5, 5.41) is 11.0. The fourth-order valence-corrected chi connectivity index (χ4v) is 2.41. The van der Waals surface area contributed by atoms with Crippen LogP contribution in [0.4, 0.5) is 11.4 Å². The third-order valence-electron chi connectivity index (χ3n) is 3.17. The molecule has 1 heterocycles. The molecule has 0 fully saturated rings. The average molecular weight is 303 g/mol. The van der Waals surface area contributed by atoms with Crippen molar-refractivity contribution in [2.75, 3.05) is 4.90 Å². The number of fused-ring (bicyclic) bond motifs is 1. The second-order valence-electron chi connectivity index (χ2n) is 4.38. The number of halogens is 1. The molecule has 104 valence electrons. The largest absolute Gasteiger partial charge is 0.270 e. The number of nitro groups is 1. The number of imide groups is 1. The van der Waals surface area contributed by atoms with Gasteiger partial charge in [0, 0.05) is 12.1 Å². The summed E-state index contributed by atoms with van der Waals surface area (Å²) in [6.07, 6.45) is 0. The number of anilines is 1. The molecule has 0 saturated carbocycles. The lowest BCUT2D eigenvalue weighted by Crippen LogP contribution is -2.29. The van der Waals surface area contributed by atoms with E-state index in [9.17, 15) is 19.7 Å². The highest BCUT2D eigenvalue weighted by Gasteiger charge is 2.38. The Kier molecular flexibility index (Phi) is 2.95. The van der Waals surface area contributed by atoms with Crippen LogP contribution in [0.25, 0.3) is 0 Å². The maximum Gasteiger partial charge on any atom is 0.270 e. The first kappa shape index (κ1) is 13.3. The Morgan fingerprint density at radius 1 is 1.00 bits per heavy atom. The number of benzene rings is 2. The monoisotopic (exact) mass is 302 g/mol. The second-order valence-corrected chi connectivity index (χ2v) is 4.79. The van der Waals surface area contributed by atoms with Crippen LogP contribution in [0, 0.1) is 10.1 Å². The highest BCUT2D eigenvalue weighted by molar-refractivity contribution is 6.39. The smallest absolute Gasteiger partial charge is 0.268 e. The normalized spacial score (nSPS) is 13.5. The van der Waals surface area contributed by atoms with Crippen molar-refractivity contribution in [3.05, 3.63) is 68.7 Å². The van der Waals surface area contributed by atoms with Crippen LogP contribution in [-0.4, -0.2) is 16.7 Å². The van der Waals surface area contributed by atoms with E-state index in [0.29, 0.717) is 0 Å². The van der Waals surface area contributed by atoms with Gasteiger partial charge in [-0.05, 0) is 18.2 Å². The predicted molar refractivity (Wildman–Crippen MR) is 75.7 cm³/mol. The number of carbonyl (C=O) groups is 2. The van der Waals surface area contributed by atoms with Crippen LogP contribution in [-0.2, 0) is 0 Å². The molecule has 7 heteroatoms. The molecule has 0 unspecified atom stereocenters. The average Bonchev–Trinajstić information content (AvgIpc) is 2.71. The summed E-state index contributed by atoms with van der Waals surface area (Å²) in [6.45, 7) is 0. The van der Waals surface area contributed by atoms with Crippen molar-refractivity contribution in [2.45, 2.75) is 0 Å². The van der Waals surface area contributed by atoms with E-state index < -0.39 is 16.7 Å². The van der Waals surface area contributed by atoms with Crippen LogP contribution in [0.2, 0.25) is 5.02 Å². The molecule has 0 radical (unpaired) electrons. The Hall–Kier alpha value is -2.73. The third kappa shape index (κ3) is 1.96. The number of para-hydroxylation sites is 1. The SMILES string of the molecule is O=C1c2ccc([N+](=O)[O-])cc2C(=O)N1c1ccccc1Cl. The lowest BCUT2D eigenvalue weighted by atomic mass is 10.1. The minimum Gasteiger partial charge on any atom is -0.268 e. The molecule has 0 aromatic heterocycles. The number of nitro benzene ring substituents is 1. The Labute approximate surface area is 123 Å². The summed E-state index contributed by atoms with van der Waals surface area (Å²) in [5.41, 5.74) is 0.156. The molecular weight excluding hydrogens is 296 g/mol. The molecule has 3 rings (SSSR count). The number of hydrogen-bond donors (Lipinski definition) is 0. The minimum absolute atomic E-state index is 0.00844. The van der Waals surface area contributed by atoms with Crippen LogP contribution < -0.4 is 4.90 Å². The van der Waals surface area contributed by atoms with Crippen LogP contribution in [0.5, 0.6) is 0 Å². The zero-order valence-electron chi connectivity index (χ0n) is 10.4. The number of hydrogen-bond acceptors (Lipinski definition) is 4. The number of non-ortho nitro benzene ring substituents is 1. The van der Waals surface area contributed by atoms with Gasteiger partial charge >= 0.3 is 0 Å². The topological polar surface area (TPSA) is 80.5 Å². The highest BCUT2D eigenvalue weighted by Crippen LogP contribution is 2.34. The van der Waals surface area contributed by atoms with Gasteiger partial charge in [-0.3, -0.25) is 19.7 Å². The zero-order valence-corrected chi connectivity index (χ0v) is 11.2. The van der Waals surface area contributed by atoms with E-state index in [-0.39, 0.29) is 27.5 Å². The molecule has 0 spiro atoms. The number of nitrogens with zero attached hydrogens (tertiary/aromatic N) is 2. The fraction of sp³-hybridized carbons (Fsp3) is 0. The maximum absolute atomic E-state index is 12.4. The lowest BCUT2D eigenvalue weighted by molar-refractivity contribution is -0.384. The summed E-state index contributed by atoms with van der Waals surface area (Å²) in [4.78, 5) is 35.8. The fourth-order valence-electron chi connectivity index (χ4n) is 2.19. The summed E-state index contributed by atoms with van der Waals surface area (Å²) < 4.78 is 0. The van der Waals surface area contributed by atoms with Crippen LogP contribution in [0.1, 0.15) is 20.7 Å². The van der Waals surface area contributed by atoms with Crippen molar-refractivity contribution >= 4 is 34.8 Å². The van der Waals surface area contributed by atoms with Crippen LogP contribution >= 0.6 is 11.6 Å². The van der Waals surface area contributed by atoms with Crippen molar-refractivity contribution in [2.24, 2.45) is 0 Å². The van der Waals surface area contributed by atoms with Gasteiger partial charge < -0.3 is 0 Å². The Balaban J connectivity index is 2.13. The van der Waals surface area contributed by atoms with Gasteiger partial charge in [-0.25, -0.2) is 4.90 Å². The Morgan fingerprint density at radius 2 is 1.67 bits per heavy atom. The van der Waals surface area contributed by atoms with Crippen molar-refractivity contribution in [1.82, 2.24) is 0 Å². The molecule has 0 bridgehead atoms. The maximum atomic E-state index is 12.4. The van der Waals surface area contributed by atoms with E-state index in [0.717, 1.165) is 11.0 Å². The summed E-state index contributed by atoms with van der Waals surface area (Å²) in [7, 11) is 0. The molecule has 0 aliphatic carbocycles. The van der Waals surface area contributed by atoms with Gasteiger partial charge in [0.2, 0.25) is 0 Å². The first-order chi connectivity index (χ1) is 10.0. The molecule has 0 N–H and O–H groups in total. The number of amides is 2. The van der Waals surface area contributed by atoms with Gasteiger partial charge in [-0.15, -0.1) is 0 Å². The molecule has 2 aromatic rings. The number of rotatable bonds is 2. The van der Waals surface area contributed by atoms with Gasteiger partial charge in [0.25, 0.3) is 17.5 Å². The standard InChI is InChI=1S/C14H7ClN2O4/c15-11-3-1-2-4-12(11)16-13(18)9-6-5-8(17(20)21)7-10(9)14(16)19/h1-7H. The van der Waals surface area contributed by atoms with E-state index in [1.165, 1.54) is 12.1 Å². The van der Waals surface area contributed by atoms with E-state index in [2.05, 4.69) is 0 Å². The molecule has 2 amide bonds. The second kappa shape index (κ2) is 4.68. The van der Waals surface area contributed by atoms with E-state index >= 15 is 0 Å². The molecule has 0 atom stereocenters. The van der Waals surface area contributed by atoms with Gasteiger partial charge in [-0.1, -0.05) is 23.7 Å². The van der Waals surface area contributed by atoms with Gasteiger partial charge in [0.15, 0.2) is 0 Å². The lowest BCUT2D eigenvalue weighted by Gasteiger charge is -2.14. The number of carbonyl (C=O) groups excluding carboxylic acids is 2. The van der Waals surface area contributed by atoms with Crippen molar-refractivity contribution in [1.29, 1.82) is 0 Å². The van der Waals surface area contributed by atoms with E-state index in [1.54, 1.807) is 24.3 Å². The van der Waals surface area contributed by atoms with Gasteiger partial charge in [-0.2, -0.15) is 0 Å². The summed E-state index contributed by atoms with van der Waals surface area (Å²) >= 11 is 6.01. The first-order valence-electron chi connectivity index (χ1n) is 5.92. The molecule has 6 nitrogen and oxygen atoms in total. The van der Waals surface area contributed by atoms with Crippen LogP contribution in [0.3, 0.4) is 0 Å². The minimum atomic E-state index is -0.619. The quantitative estimate of drug-likeness (QED) is 0.485. The molecule has 21 heavy (non-hydrogen) atoms. The van der Waals surface area contributed by atoms with E-state index in [1.807, 2.05) is 0 Å². The first-order valence-corrected chi connectivity index (χ1v) is 6.30. The summed E-state index contributed by atoms with van der Waals surface area (Å²) in [6, 6.07) is 10.0. The molecule has 1 aliphatic rings. The third-order valence-corrected chi connectivity index (χ3v) is 3.49. The Bertz CT molecular complexity index is 803. The van der Waals surface area contributed by atoms with Crippen LogP contribution in [0.15, 0.2) is 42.5 Å². The van der Waals surface area contributed by atoms with Crippen molar-refractivity contribution in [3.8, 4) is 0 Å². The van der Waals surface area contributed by atoms with Crippen molar-refractivity contribution < 1.29 is 14.5 Å². The summed E-state index contributed by atoms with van der Waals surface area (Å²) in [5.74, 6) is -1.16. The Morgan fingerprint density at radius 3 is 2.33 bits per heavy atom. The van der Waals surface area contributed by atoms with Gasteiger partial charge in [0.1, 0.15) is 0 Å². The highest BCUT2D eigenvalue weighted by atomic mass is 35.5. The van der Waals surface area contributed by atoms with Crippen molar-refractivity contribution in [3.63, 3.8) is 0 Å². The van der Waals surface area contributed by atoms with E-state index in [4.69, 9.17) is 11.6 Å². The molecule has 1 aliphatic heterocycles.